The van der Waals surface area contributed by atoms with E-state index in [0.717, 1.165) is 6.54 Å². The van der Waals surface area contributed by atoms with E-state index in [4.69, 9.17) is 15.3 Å². The molecule has 3 N–H and O–H groups in total. The van der Waals surface area contributed by atoms with Crippen molar-refractivity contribution in [1.29, 1.82) is 0 Å². The molecule has 1 fully saturated rings. The van der Waals surface area contributed by atoms with Gasteiger partial charge in [0, 0.05) is 26.2 Å². The number of nitrogens with zero attached hydrogens (tertiary/aromatic N) is 1. The number of likely N-dealkylation sites (tertiary alicyclic amines) is 1. The first kappa shape index (κ1) is 8.93. The van der Waals surface area contributed by atoms with Crippen LogP contribution in [-0.4, -0.2) is 58.7 Å². The number of aliphatic hydroxyl groups excluding tert-OH is 3. The molecule has 1 saturated heterocycles. The molecule has 11 heavy (non-hydrogen) atoms. The molecule has 0 radical (unpaired) electrons. The lowest BCUT2D eigenvalue weighted by atomic mass is 10.3. The molecule has 0 aromatic rings. The second-order valence-electron chi connectivity index (χ2n) is 2.97. The van der Waals surface area contributed by atoms with Gasteiger partial charge in [0.05, 0.1) is 12.2 Å². The van der Waals surface area contributed by atoms with E-state index in [1.54, 1.807) is 0 Å². The average molecular weight is 161 g/mol. The largest absolute Gasteiger partial charge is 0.396 e. The highest BCUT2D eigenvalue weighted by Crippen LogP contribution is 2.09. The predicted octanol–water partition coefficient (Wildman–Crippen LogP) is -1.59. The van der Waals surface area contributed by atoms with Gasteiger partial charge < -0.3 is 15.3 Å². The Labute approximate surface area is 66.1 Å². The van der Waals surface area contributed by atoms with E-state index >= 15 is 0 Å². The van der Waals surface area contributed by atoms with Gasteiger partial charge >= 0.3 is 0 Å². The van der Waals surface area contributed by atoms with Gasteiger partial charge in [-0.3, -0.25) is 4.90 Å². The minimum Gasteiger partial charge on any atom is -0.396 e. The van der Waals surface area contributed by atoms with Gasteiger partial charge in [-0.15, -0.1) is 0 Å². The molecule has 4 heteroatoms. The number of aliphatic hydroxyl groups is 3. The van der Waals surface area contributed by atoms with Crippen LogP contribution in [0.3, 0.4) is 0 Å². The Hall–Kier alpha value is -0.160. The van der Waals surface area contributed by atoms with Crippen molar-refractivity contribution in [3.8, 4) is 0 Å². The van der Waals surface area contributed by atoms with E-state index in [-0.39, 0.29) is 6.61 Å². The SMILES string of the molecule is OCCCN1C[C@H](O)[C@@H](O)C1. The molecular weight excluding hydrogens is 146 g/mol. The third kappa shape index (κ3) is 2.41. The van der Waals surface area contributed by atoms with Crippen LogP contribution in [-0.2, 0) is 0 Å². The second kappa shape index (κ2) is 4.01. The Balaban J connectivity index is 2.18. The van der Waals surface area contributed by atoms with Crippen LogP contribution in [0.1, 0.15) is 6.42 Å². The highest BCUT2D eigenvalue weighted by atomic mass is 16.3. The summed E-state index contributed by atoms with van der Waals surface area (Å²) in [6.07, 6.45) is -0.498. The quantitative estimate of drug-likeness (QED) is 0.467. The summed E-state index contributed by atoms with van der Waals surface area (Å²) in [4.78, 5) is 1.95. The van der Waals surface area contributed by atoms with Gasteiger partial charge in [-0.05, 0) is 6.42 Å². The fraction of sp³-hybridized carbons (Fsp3) is 1.00. The average Bonchev–Trinajstić information content (AvgIpc) is 2.28. The van der Waals surface area contributed by atoms with E-state index in [1.807, 2.05) is 4.90 Å². The van der Waals surface area contributed by atoms with Crippen LogP contribution >= 0.6 is 0 Å². The third-order valence-corrected chi connectivity index (χ3v) is 1.97. The maximum Gasteiger partial charge on any atom is 0.0938 e. The van der Waals surface area contributed by atoms with Crippen molar-refractivity contribution in [3.05, 3.63) is 0 Å². The monoisotopic (exact) mass is 161 g/mol. The van der Waals surface area contributed by atoms with E-state index in [2.05, 4.69) is 0 Å². The highest BCUT2D eigenvalue weighted by Gasteiger charge is 2.28. The molecule has 0 bridgehead atoms. The zero-order chi connectivity index (χ0) is 8.27. The van der Waals surface area contributed by atoms with Crippen LogP contribution in [0.4, 0.5) is 0 Å². The van der Waals surface area contributed by atoms with E-state index in [9.17, 15) is 0 Å². The molecule has 1 aliphatic heterocycles. The van der Waals surface area contributed by atoms with Gasteiger partial charge in [0.25, 0.3) is 0 Å². The van der Waals surface area contributed by atoms with Crippen molar-refractivity contribution in [1.82, 2.24) is 4.90 Å². The van der Waals surface area contributed by atoms with Gasteiger partial charge in [-0.25, -0.2) is 0 Å². The molecule has 66 valence electrons. The Morgan fingerprint density at radius 2 is 1.73 bits per heavy atom. The highest BCUT2D eigenvalue weighted by molar-refractivity contribution is 4.82. The van der Waals surface area contributed by atoms with Gasteiger partial charge in [-0.2, -0.15) is 0 Å². The normalized spacial score (nSPS) is 33.0. The molecule has 0 aromatic carbocycles. The van der Waals surface area contributed by atoms with Gasteiger partial charge in [0.1, 0.15) is 0 Å². The van der Waals surface area contributed by atoms with Crippen molar-refractivity contribution in [2.24, 2.45) is 0 Å². The maximum atomic E-state index is 9.11. The molecule has 4 nitrogen and oxygen atoms in total. The molecule has 0 spiro atoms. The van der Waals surface area contributed by atoms with E-state index in [1.165, 1.54) is 0 Å². The van der Waals surface area contributed by atoms with Crippen LogP contribution in [0.5, 0.6) is 0 Å². The minimum absolute atomic E-state index is 0.169. The van der Waals surface area contributed by atoms with Crippen LogP contribution in [0, 0.1) is 0 Å². The van der Waals surface area contributed by atoms with Gasteiger partial charge in [-0.1, -0.05) is 0 Å². The third-order valence-electron chi connectivity index (χ3n) is 1.97. The van der Waals surface area contributed by atoms with Crippen molar-refractivity contribution in [2.45, 2.75) is 18.6 Å². The summed E-state index contributed by atoms with van der Waals surface area (Å²) < 4.78 is 0. The molecule has 0 aliphatic carbocycles. The predicted molar refractivity (Wildman–Crippen MR) is 40.2 cm³/mol. The summed E-state index contributed by atoms with van der Waals surface area (Å²) >= 11 is 0. The fourth-order valence-corrected chi connectivity index (χ4v) is 1.32. The van der Waals surface area contributed by atoms with Crippen LogP contribution in [0.25, 0.3) is 0 Å². The molecule has 1 aliphatic rings. The fourth-order valence-electron chi connectivity index (χ4n) is 1.32. The molecule has 2 atom stereocenters. The standard InChI is InChI=1S/C7H15NO3/c9-3-1-2-8-4-6(10)7(11)5-8/h6-7,9-11H,1-5H2/t6-,7-/m0/s1. The molecular formula is C7H15NO3. The Bertz CT molecular complexity index is 110. The second-order valence-corrected chi connectivity index (χ2v) is 2.97. The number of β-amino-alcohol motifs (C(OH)–C–C–N with tert-alkyl or cyclic N) is 2. The Morgan fingerprint density at radius 3 is 2.18 bits per heavy atom. The zero-order valence-electron chi connectivity index (χ0n) is 6.48. The van der Waals surface area contributed by atoms with Crippen molar-refractivity contribution in [3.63, 3.8) is 0 Å². The summed E-state index contributed by atoms with van der Waals surface area (Å²) in [6.45, 7) is 1.98. The zero-order valence-corrected chi connectivity index (χ0v) is 6.48. The summed E-state index contributed by atoms with van der Waals surface area (Å²) in [7, 11) is 0. The number of hydrogen-bond donors (Lipinski definition) is 3. The summed E-state index contributed by atoms with van der Waals surface area (Å²) in [5.41, 5.74) is 0. The van der Waals surface area contributed by atoms with Crippen LogP contribution in [0.15, 0.2) is 0 Å². The van der Waals surface area contributed by atoms with Gasteiger partial charge in [0.2, 0.25) is 0 Å². The maximum absolute atomic E-state index is 9.11. The van der Waals surface area contributed by atoms with Gasteiger partial charge in [0.15, 0.2) is 0 Å². The summed E-state index contributed by atoms with van der Waals surface area (Å²) in [5, 5.41) is 26.7. The molecule has 0 aromatic heterocycles. The van der Waals surface area contributed by atoms with Crippen LogP contribution < -0.4 is 0 Å². The molecule has 0 saturated carbocycles. The molecule has 0 amide bonds. The van der Waals surface area contributed by atoms with Crippen LogP contribution in [0.2, 0.25) is 0 Å². The smallest absolute Gasteiger partial charge is 0.0938 e. The first-order valence-electron chi connectivity index (χ1n) is 3.93. The lowest BCUT2D eigenvalue weighted by molar-refractivity contribution is 0.0572. The molecule has 0 unspecified atom stereocenters. The van der Waals surface area contributed by atoms with Crippen molar-refractivity contribution >= 4 is 0 Å². The van der Waals surface area contributed by atoms with E-state index in [0.29, 0.717) is 19.5 Å². The Morgan fingerprint density at radius 1 is 1.18 bits per heavy atom. The summed E-state index contributed by atoms with van der Waals surface area (Å²) in [6, 6.07) is 0. The lowest BCUT2D eigenvalue weighted by Crippen LogP contribution is -2.23. The van der Waals surface area contributed by atoms with Crippen molar-refractivity contribution < 1.29 is 15.3 Å². The summed E-state index contributed by atoms with van der Waals surface area (Å²) in [5.74, 6) is 0. The van der Waals surface area contributed by atoms with E-state index < -0.39 is 12.2 Å². The minimum atomic E-state index is -0.603. The van der Waals surface area contributed by atoms with Crippen molar-refractivity contribution in [2.75, 3.05) is 26.2 Å². The lowest BCUT2D eigenvalue weighted by Gasteiger charge is -2.12. The molecule has 1 rings (SSSR count). The number of rotatable bonds is 3. The topological polar surface area (TPSA) is 63.9 Å². The first-order valence-corrected chi connectivity index (χ1v) is 3.93. The molecule has 1 heterocycles. The Kier molecular flexibility index (Phi) is 3.26. The number of hydrogen-bond acceptors (Lipinski definition) is 4. The first-order chi connectivity index (χ1) is 5.24.